The van der Waals surface area contributed by atoms with E-state index in [1.165, 1.54) is 11.3 Å². The van der Waals surface area contributed by atoms with Crippen molar-refractivity contribution in [3.05, 3.63) is 46.5 Å². The lowest BCUT2D eigenvalue weighted by Gasteiger charge is -2.07. The zero-order valence-corrected chi connectivity index (χ0v) is 12.2. The van der Waals surface area contributed by atoms with Crippen LogP contribution in [-0.4, -0.2) is 10.9 Å². The van der Waals surface area contributed by atoms with Gasteiger partial charge in [0.1, 0.15) is 0 Å². The summed E-state index contributed by atoms with van der Waals surface area (Å²) in [6.07, 6.45) is -4.41. The number of hydrogen-bond donors (Lipinski definition) is 1. The molecule has 0 spiro atoms. The van der Waals surface area contributed by atoms with Gasteiger partial charge in [-0.15, -0.1) is 11.3 Å². The molecular formula is C14H13F3N2OS. The number of benzene rings is 1. The van der Waals surface area contributed by atoms with Gasteiger partial charge in [0.15, 0.2) is 5.13 Å². The normalized spacial score (nSPS) is 11.7. The van der Waals surface area contributed by atoms with Gasteiger partial charge >= 0.3 is 6.18 Å². The van der Waals surface area contributed by atoms with E-state index in [4.69, 9.17) is 0 Å². The first-order chi connectivity index (χ1) is 9.77. The molecule has 0 aliphatic rings. The van der Waals surface area contributed by atoms with Crippen LogP contribution in [-0.2, 0) is 6.18 Å². The molecular weight excluding hydrogens is 301 g/mol. The van der Waals surface area contributed by atoms with Crippen LogP contribution in [0.5, 0.6) is 0 Å². The van der Waals surface area contributed by atoms with Crippen LogP contribution in [0, 0.1) is 0 Å². The Labute approximate surface area is 123 Å². The third-order valence-electron chi connectivity index (χ3n) is 2.81. The maximum Gasteiger partial charge on any atom is 0.416 e. The van der Waals surface area contributed by atoms with Gasteiger partial charge in [-0.2, -0.15) is 13.2 Å². The molecule has 0 radical (unpaired) electrons. The van der Waals surface area contributed by atoms with Crippen LogP contribution in [0.15, 0.2) is 29.6 Å². The maximum absolute atomic E-state index is 12.4. The van der Waals surface area contributed by atoms with E-state index in [2.05, 4.69) is 10.3 Å². The third kappa shape index (κ3) is 3.81. The quantitative estimate of drug-likeness (QED) is 0.904. The van der Waals surface area contributed by atoms with Crippen LogP contribution in [0.3, 0.4) is 0 Å². The molecule has 0 bridgehead atoms. The Balaban J connectivity index is 2.09. The number of carbonyl (C=O) groups excluding carboxylic acids is 1. The minimum atomic E-state index is -4.41. The number of aromatic nitrogens is 1. The predicted molar refractivity (Wildman–Crippen MR) is 75.6 cm³/mol. The number of amides is 1. The summed E-state index contributed by atoms with van der Waals surface area (Å²) in [6.45, 7) is 3.97. The number of rotatable bonds is 3. The lowest BCUT2D eigenvalue weighted by Crippen LogP contribution is -2.12. The zero-order chi connectivity index (χ0) is 15.6. The van der Waals surface area contributed by atoms with E-state index in [1.54, 1.807) is 0 Å². The van der Waals surface area contributed by atoms with Crippen LogP contribution >= 0.6 is 11.3 Å². The van der Waals surface area contributed by atoms with Crippen molar-refractivity contribution < 1.29 is 18.0 Å². The summed E-state index contributed by atoms with van der Waals surface area (Å²) in [5, 5.41) is 4.85. The Morgan fingerprint density at radius 3 is 2.33 bits per heavy atom. The topological polar surface area (TPSA) is 42.0 Å². The molecule has 1 amide bonds. The molecule has 0 unspecified atom stereocenters. The molecule has 1 N–H and O–H groups in total. The number of nitrogens with zero attached hydrogens (tertiary/aromatic N) is 1. The second-order valence-corrected chi connectivity index (χ2v) is 5.62. The Bertz CT molecular complexity index is 632. The number of hydrogen-bond acceptors (Lipinski definition) is 3. The molecule has 112 valence electrons. The van der Waals surface area contributed by atoms with Crippen LogP contribution in [0.2, 0.25) is 0 Å². The van der Waals surface area contributed by atoms with Crippen molar-refractivity contribution in [1.29, 1.82) is 0 Å². The standard InChI is InChI=1S/C14H13F3N2OS/c1-8(2)11-7-21-13(18-11)19-12(20)9-3-5-10(6-4-9)14(15,16)17/h3-8H,1-2H3,(H,18,19,20). The summed E-state index contributed by atoms with van der Waals surface area (Å²) in [5.74, 6) is -0.230. The fourth-order valence-electron chi connectivity index (χ4n) is 1.59. The highest BCUT2D eigenvalue weighted by Crippen LogP contribution is 2.29. The van der Waals surface area contributed by atoms with Gasteiger partial charge < -0.3 is 0 Å². The first kappa shape index (κ1) is 15.5. The fraction of sp³-hybridized carbons (Fsp3) is 0.286. The minimum absolute atomic E-state index is 0.157. The minimum Gasteiger partial charge on any atom is -0.298 e. The number of nitrogens with one attached hydrogen (secondary N) is 1. The van der Waals surface area contributed by atoms with Crippen LogP contribution < -0.4 is 5.32 Å². The van der Waals surface area contributed by atoms with Gasteiger partial charge in [-0.25, -0.2) is 4.98 Å². The third-order valence-corrected chi connectivity index (χ3v) is 3.58. The van der Waals surface area contributed by atoms with Crippen molar-refractivity contribution in [2.45, 2.75) is 25.9 Å². The molecule has 2 aromatic rings. The molecule has 2 rings (SSSR count). The maximum atomic E-state index is 12.4. The fourth-order valence-corrected chi connectivity index (χ4v) is 2.46. The summed E-state index contributed by atoms with van der Waals surface area (Å²) >= 11 is 1.29. The first-order valence-corrected chi connectivity index (χ1v) is 7.09. The first-order valence-electron chi connectivity index (χ1n) is 6.21. The van der Waals surface area contributed by atoms with Crippen molar-refractivity contribution in [3.63, 3.8) is 0 Å². The summed E-state index contributed by atoms with van der Waals surface area (Å²) in [4.78, 5) is 16.2. The van der Waals surface area contributed by atoms with Crippen molar-refractivity contribution in [2.75, 3.05) is 5.32 Å². The Hall–Kier alpha value is -1.89. The van der Waals surface area contributed by atoms with E-state index < -0.39 is 17.6 Å². The van der Waals surface area contributed by atoms with Gasteiger partial charge in [0, 0.05) is 10.9 Å². The van der Waals surface area contributed by atoms with Crippen molar-refractivity contribution in [2.24, 2.45) is 0 Å². The van der Waals surface area contributed by atoms with Crippen molar-refractivity contribution >= 4 is 22.4 Å². The largest absolute Gasteiger partial charge is 0.416 e. The molecule has 1 aromatic carbocycles. The van der Waals surface area contributed by atoms with Crippen molar-refractivity contribution in [3.8, 4) is 0 Å². The van der Waals surface area contributed by atoms with Crippen LogP contribution in [0.4, 0.5) is 18.3 Å². The molecule has 1 heterocycles. The lowest BCUT2D eigenvalue weighted by molar-refractivity contribution is -0.137. The zero-order valence-electron chi connectivity index (χ0n) is 11.4. The number of alkyl halides is 3. The predicted octanol–water partition coefficient (Wildman–Crippen LogP) is 4.54. The van der Waals surface area contributed by atoms with Crippen molar-refractivity contribution in [1.82, 2.24) is 4.98 Å². The second kappa shape index (κ2) is 5.85. The molecule has 0 aliphatic carbocycles. The number of carbonyl (C=O) groups is 1. The van der Waals surface area contributed by atoms with Crippen LogP contribution in [0.1, 0.15) is 41.4 Å². The van der Waals surface area contributed by atoms with E-state index in [0.717, 1.165) is 30.0 Å². The van der Waals surface area contributed by atoms with Gasteiger partial charge in [0.05, 0.1) is 11.3 Å². The number of anilines is 1. The summed E-state index contributed by atoms with van der Waals surface area (Å²) in [7, 11) is 0. The highest BCUT2D eigenvalue weighted by atomic mass is 32.1. The van der Waals surface area contributed by atoms with E-state index in [0.29, 0.717) is 5.13 Å². The van der Waals surface area contributed by atoms with E-state index in [-0.39, 0.29) is 11.5 Å². The van der Waals surface area contributed by atoms with Gasteiger partial charge in [-0.05, 0) is 30.2 Å². The number of thiazole rings is 1. The van der Waals surface area contributed by atoms with Crippen LogP contribution in [0.25, 0.3) is 0 Å². The second-order valence-electron chi connectivity index (χ2n) is 4.76. The molecule has 0 saturated heterocycles. The lowest BCUT2D eigenvalue weighted by atomic mass is 10.1. The molecule has 0 saturated carbocycles. The average molecular weight is 314 g/mol. The van der Waals surface area contributed by atoms with E-state index >= 15 is 0 Å². The molecule has 1 aromatic heterocycles. The van der Waals surface area contributed by atoms with E-state index in [1.807, 2.05) is 19.2 Å². The Morgan fingerprint density at radius 2 is 1.86 bits per heavy atom. The highest BCUT2D eigenvalue weighted by molar-refractivity contribution is 7.14. The number of halogens is 3. The molecule has 0 atom stereocenters. The molecule has 0 fully saturated rings. The molecule has 3 nitrogen and oxygen atoms in total. The van der Waals surface area contributed by atoms with Gasteiger partial charge in [0.25, 0.3) is 5.91 Å². The smallest absolute Gasteiger partial charge is 0.298 e. The molecule has 7 heteroatoms. The van der Waals surface area contributed by atoms with Gasteiger partial charge in [-0.3, -0.25) is 10.1 Å². The molecule has 0 aliphatic heterocycles. The monoisotopic (exact) mass is 314 g/mol. The van der Waals surface area contributed by atoms with E-state index in [9.17, 15) is 18.0 Å². The molecule has 21 heavy (non-hydrogen) atoms. The SMILES string of the molecule is CC(C)c1csc(NC(=O)c2ccc(C(F)(F)F)cc2)n1. The summed E-state index contributed by atoms with van der Waals surface area (Å²) < 4.78 is 37.3. The summed E-state index contributed by atoms with van der Waals surface area (Å²) in [6, 6.07) is 4.07. The summed E-state index contributed by atoms with van der Waals surface area (Å²) in [5.41, 5.74) is 0.238. The van der Waals surface area contributed by atoms with Gasteiger partial charge in [-0.1, -0.05) is 13.8 Å². The highest BCUT2D eigenvalue weighted by Gasteiger charge is 2.30. The Kier molecular flexibility index (Phi) is 4.32. The average Bonchev–Trinajstić information content (AvgIpc) is 2.86. The van der Waals surface area contributed by atoms with Gasteiger partial charge in [0.2, 0.25) is 0 Å². The Morgan fingerprint density at radius 1 is 1.24 bits per heavy atom.